The van der Waals surface area contributed by atoms with Crippen molar-refractivity contribution in [1.29, 1.82) is 0 Å². The smallest absolute Gasteiger partial charge is 0.230 e. The van der Waals surface area contributed by atoms with Gasteiger partial charge in [-0.2, -0.15) is 0 Å². The van der Waals surface area contributed by atoms with Crippen LogP contribution in [0.2, 0.25) is 0 Å². The molecule has 2 fully saturated rings. The number of amides is 1. The zero-order valence-corrected chi connectivity index (χ0v) is 11.4. The van der Waals surface area contributed by atoms with E-state index >= 15 is 0 Å². The molecule has 1 aliphatic heterocycles. The number of hydrogen-bond donors (Lipinski definition) is 1. The lowest BCUT2D eigenvalue weighted by molar-refractivity contribution is -0.153. The second-order valence-corrected chi connectivity index (χ2v) is 6.47. The summed E-state index contributed by atoms with van der Waals surface area (Å²) in [4.78, 5) is 14.7. The molecule has 2 aliphatic rings. The van der Waals surface area contributed by atoms with Crippen LogP contribution >= 0.6 is 0 Å². The molecule has 0 aromatic carbocycles. The number of carbonyl (C=O) groups excluding carboxylic acids is 1. The number of piperidine rings is 1. The van der Waals surface area contributed by atoms with E-state index in [2.05, 4.69) is 25.7 Å². The van der Waals surface area contributed by atoms with Gasteiger partial charge >= 0.3 is 0 Å². The molecule has 0 bridgehead atoms. The zero-order valence-electron chi connectivity index (χ0n) is 11.4. The molecule has 1 saturated carbocycles. The third-order valence-corrected chi connectivity index (χ3v) is 4.72. The van der Waals surface area contributed by atoms with Crippen LogP contribution in [0.5, 0.6) is 0 Å². The van der Waals surface area contributed by atoms with Gasteiger partial charge in [-0.1, -0.05) is 13.8 Å². The van der Waals surface area contributed by atoms with E-state index in [9.17, 15) is 4.79 Å². The quantitative estimate of drug-likeness (QED) is 0.800. The molecule has 1 heterocycles. The maximum absolute atomic E-state index is 12.6. The molecule has 0 spiro atoms. The van der Waals surface area contributed by atoms with Crippen LogP contribution in [0.15, 0.2) is 0 Å². The Morgan fingerprint density at radius 3 is 2.41 bits per heavy atom. The second kappa shape index (κ2) is 4.60. The van der Waals surface area contributed by atoms with E-state index in [0.29, 0.717) is 24.4 Å². The first-order chi connectivity index (χ1) is 7.98. The summed E-state index contributed by atoms with van der Waals surface area (Å²) in [5.41, 5.74) is 5.65. The highest BCUT2D eigenvalue weighted by atomic mass is 16.2. The van der Waals surface area contributed by atoms with Gasteiger partial charge in [-0.05, 0) is 44.4 Å². The normalized spacial score (nSPS) is 42.1. The van der Waals surface area contributed by atoms with Gasteiger partial charge in [0.25, 0.3) is 0 Å². The van der Waals surface area contributed by atoms with Crippen molar-refractivity contribution in [1.82, 2.24) is 4.90 Å². The molecule has 0 aromatic heterocycles. The predicted molar refractivity (Wildman–Crippen MR) is 69.5 cm³/mol. The average molecular weight is 238 g/mol. The van der Waals surface area contributed by atoms with Gasteiger partial charge in [0.2, 0.25) is 5.91 Å². The van der Waals surface area contributed by atoms with Crippen molar-refractivity contribution in [3.05, 3.63) is 0 Å². The van der Waals surface area contributed by atoms with Crippen LogP contribution < -0.4 is 5.73 Å². The molecule has 1 amide bonds. The van der Waals surface area contributed by atoms with E-state index in [0.717, 1.165) is 38.1 Å². The molecule has 0 aromatic rings. The molecule has 2 N–H and O–H groups in total. The fourth-order valence-corrected chi connectivity index (χ4v) is 3.72. The fourth-order valence-electron chi connectivity index (χ4n) is 3.72. The lowest BCUT2D eigenvalue weighted by Gasteiger charge is -2.49. The molecule has 1 aliphatic carbocycles. The molecule has 2 atom stereocenters. The summed E-state index contributed by atoms with van der Waals surface area (Å²) in [5, 5.41) is 0. The molecule has 0 radical (unpaired) electrons. The lowest BCUT2D eigenvalue weighted by atomic mass is 9.61. The first kappa shape index (κ1) is 12.9. The van der Waals surface area contributed by atoms with Crippen LogP contribution in [0, 0.1) is 17.3 Å². The summed E-state index contributed by atoms with van der Waals surface area (Å²) in [6.45, 7) is 8.12. The molecular weight excluding hydrogens is 212 g/mol. The van der Waals surface area contributed by atoms with Crippen LogP contribution in [0.25, 0.3) is 0 Å². The molecule has 3 heteroatoms. The Kier molecular flexibility index (Phi) is 3.48. The number of likely N-dealkylation sites (tertiary alicyclic amines) is 1. The maximum atomic E-state index is 12.6. The topological polar surface area (TPSA) is 46.3 Å². The molecule has 1 saturated heterocycles. The van der Waals surface area contributed by atoms with Crippen molar-refractivity contribution >= 4 is 5.91 Å². The highest BCUT2D eigenvalue weighted by Gasteiger charge is 2.49. The van der Waals surface area contributed by atoms with E-state index in [1.165, 1.54) is 0 Å². The van der Waals surface area contributed by atoms with Gasteiger partial charge < -0.3 is 10.6 Å². The minimum atomic E-state index is -0.214. The summed E-state index contributed by atoms with van der Waals surface area (Å²) in [6, 6.07) is 0.394. The Hall–Kier alpha value is -0.570. The largest absolute Gasteiger partial charge is 0.339 e. The molecule has 3 nitrogen and oxygen atoms in total. The Balaban J connectivity index is 2.04. The number of nitrogens with zero attached hydrogens (tertiary/aromatic N) is 1. The maximum Gasteiger partial charge on any atom is 0.230 e. The number of rotatable bonds is 2. The number of hydrogen-bond acceptors (Lipinski definition) is 2. The standard InChI is InChI=1S/C14H26N2O/c1-10-4-5-16(12(3)6-10)13(17)14(9-15)7-11(2)8-14/h10-12H,4-9,15H2,1-3H3. The zero-order chi connectivity index (χ0) is 12.6. The highest BCUT2D eigenvalue weighted by Crippen LogP contribution is 2.46. The SMILES string of the molecule is CC1CCN(C(=O)C2(CN)CC(C)C2)C(C)C1. The summed E-state index contributed by atoms with van der Waals surface area (Å²) >= 11 is 0. The minimum Gasteiger partial charge on any atom is -0.339 e. The van der Waals surface area contributed by atoms with Gasteiger partial charge in [0, 0.05) is 19.1 Å². The number of carbonyl (C=O) groups is 1. The van der Waals surface area contributed by atoms with Crippen molar-refractivity contribution in [2.45, 2.75) is 52.5 Å². The lowest BCUT2D eigenvalue weighted by Crippen LogP contribution is -2.58. The molecule has 2 rings (SSSR count). The van der Waals surface area contributed by atoms with Crippen LogP contribution in [-0.4, -0.2) is 29.9 Å². The van der Waals surface area contributed by atoms with Crippen LogP contribution in [0.1, 0.15) is 46.5 Å². The van der Waals surface area contributed by atoms with Crippen molar-refractivity contribution in [3.63, 3.8) is 0 Å². The van der Waals surface area contributed by atoms with Gasteiger partial charge in [0.15, 0.2) is 0 Å². The average Bonchev–Trinajstić information content (AvgIpc) is 2.23. The summed E-state index contributed by atoms with van der Waals surface area (Å²) in [7, 11) is 0. The van der Waals surface area contributed by atoms with Crippen molar-refractivity contribution in [2.75, 3.05) is 13.1 Å². The van der Waals surface area contributed by atoms with Crippen molar-refractivity contribution in [2.24, 2.45) is 23.0 Å². The Labute approximate surface area is 105 Å². The van der Waals surface area contributed by atoms with Gasteiger partial charge in [0.05, 0.1) is 5.41 Å². The molecular formula is C14H26N2O. The fraction of sp³-hybridized carbons (Fsp3) is 0.929. The molecule has 98 valence electrons. The van der Waals surface area contributed by atoms with Crippen molar-refractivity contribution < 1.29 is 4.79 Å². The van der Waals surface area contributed by atoms with E-state index in [-0.39, 0.29) is 5.41 Å². The highest BCUT2D eigenvalue weighted by molar-refractivity contribution is 5.84. The monoisotopic (exact) mass is 238 g/mol. The van der Waals surface area contributed by atoms with E-state index in [1.54, 1.807) is 0 Å². The summed E-state index contributed by atoms with van der Waals surface area (Å²) in [6.07, 6.45) is 4.26. The Morgan fingerprint density at radius 2 is 1.94 bits per heavy atom. The van der Waals surface area contributed by atoms with E-state index < -0.39 is 0 Å². The molecule has 2 unspecified atom stereocenters. The third kappa shape index (κ3) is 2.22. The van der Waals surface area contributed by atoms with Gasteiger partial charge in [0.1, 0.15) is 0 Å². The third-order valence-electron chi connectivity index (χ3n) is 4.72. The minimum absolute atomic E-state index is 0.214. The van der Waals surface area contributed by atoms with Gasteiger partial charge in [-0.3, -0.25) is 4.79 Å². The summed E-state index contributed by atoms with van der Waals surface area (Å²) in [5.74, 6) is 1.75. The van der Waals surface area contributed by atoms with Gasteiger partial charge in [-0.15, -0.1) is 0 Å². The van der Waals surface area contributed by atoms with Crippen LogP contribution in [0.3, 0.4) is 0 Å². The first-order valence-electron chi connectivity index (χ1n) is 6.99. The Morgan fingerprint density at radius 1 is 1.29 bits per heavy atom. The number of nitrogens with two attached hydrogens (primary N) is 1. The van der Waals surface area contributed by atoms with Crippen molar-refractivity contribution in [3.8, 4) is 0 Å². The van der Waals surface area contributed by atoms with Gasteiger partial charge in [-0.25, -0.2) is 0 Å². The summed E-state index contributed by atoms with van der Waals surface area (Å²) < 4.78 is 0. The predicted octanol–water partition coefficient (Wildman–Crippen LogP) is 2.01. The van der Waals surface area contributed by atoms with E-state index in [4.69, 9.17) is 5.73 Å². The van der Waals surface area contributed by atoms with Crippen LogP contribution in [-0.2, 0) is 4.79 Å². The second-order valence-electron chi connectivity index (χ2n) is 6.47. The Bertz CT molecular complexity index is 297. The molecule has 17 heavy (non-hydrogen) atoms. The van der Waals surface area contributed by atoms with Crippen LogP contribution in [0.4, 0.5) is 0 Å². The first-order valence-corrected chi connectivity index (χ1v) is 6.99. The van der Waals surface area contributed by atoms with E-state index in [1.807, 2.05) is 0 Å².